The lowest BCUT2D eigenvalue weighted by Crippen LogP contribution is -2.04. The van der Waals surface area contributed by atoms with E-state index >= 15 is 0 Å². The molecule has 0 saturated carbocycles. The minimum Gasteiger partial charge on any atom is -0.166 e. The first kappa shape index (κ1) is 15.6. The monoisotopic (exact) mass is 362 g/mol. The van der Waals surface area contributed by atoms with Crippen molar-refractivity contribution in [3.8, 4) is 0 Å². The van der Waals surface area contributed by atoms with Gasteiger partial charge in [-0.3, -0.25) is 0 Å². The second-order valence-corrected chi connectivity index (χ2v) is 7.16. The highest BCUT2D eigenvalue weighted by molar-refractivity contribution is 9.09. The average Bonchev–Trinajstić information content (AvgIpc) is 2.68. The summed E-state index contributed by atoms with van der Waals surface area (Å²) in [7, 11) is 0. The Bertz CT molecular complexity index is 584. The topological polar surface area (TPSA) is 0 Å². The van der Waals surface area contributed by atoms with Crippen LogP contribution >= 0.6 is 27.3 Å². The first-order valence-corrected chi connectivity index (χ1v) is 7.87. The Kier molecular flexibility index (Phi) is 4.59. The van der Waals surface area contributed by atoms with Crippen molar-refractivity contribution in [3.63, 3.8) is 0 Å². The summed E-state index contributed by atoms with van der Waals surface area (Å²) >= 11 is 5.36. The van der Waals surface area contributed by atoms with Crippen molar-refractivity contribution in [2.45, 2.75) is 31.3 Å². The fourth-order valence-electron chi connectivity index (χ4n) is 2.10. The zero-order chi connectivity index (χ0) is 14.9. The van der Waals surface area contributed by atoms with Gasteiger partial charge >= 0.3 is 6.18 Å². The van der Waals surface area contributed by atoms with Crippen LogP contribution in [0.15, 0.2) is 30.3 Å². The maximum absolute atomic E-state index is 12.5. The van der Waals surface area contributed by atoms with Gasteiger partial charge in [-0.15, -0.1) is 11.3 Å². The summed E-state index contributed by atoms with van der Waals surface area (Å²) in [5.74, 6) is 0. The number of benzene rings is 1. The van der Waals surface area contributed by atoms with Gasteiger partial charge in [0.05, 0.1) is 10.4 Å². The van der Waals surface area contributed by atoms with Gasteiger partial charge in [0.15, 0.2) is 0 Å². The first-order valence-electron chi connectivity index (χ1n) is 6.14. The third-order valence-electron chi connectivity index (χ3n) is 3.06. The van der Waals surface area contributed by atoms with Crippen molar-refractivity contribution in [2.24, 2.45) is 0 Å². The lowest BCUT2D eigenvalue weighted by atomic mass is 10.1. The molecule has 2 aromatic rings. The number of hydrogen-bond donors (Lipinski definition) is 0. The SMILES string of the molecule is Cc1cc(C)c(C(Br)Cc2ccc(C(F)(F)F)cc2)s1. The van der Waals surface area contributed by atoms with Gasteiger partial charge in [-0.1, -0.05) is 28.1 Å². The third-order valence-corrected chi connectivity index (χ3v) is 5.41. The van der Waals surface area contributed by atoms with Crippen LogP contribution in [0.5, 0.6) is 0 Å². The van der Waals surface area contributed by atoms with Crippen LogP contribution in [0.1, 0.15) is 31.3 Å². The molecule has 0 radical (unpaired) electrons. The molecule has 0 amide bonds. The molecule has 0 aliphatic carbocycles. The van der Waals surface area contributed by atoms with Crippen LogP contribution in [0.3, 0.4) is 0 Å². The molecule has 0 aliphatic heterocycles. The molecule has 1 atom stereocenters. The van der Waals surface area contributed by atoms with E-state index in [-0.39, 0.29) is 4.83 Å². The molecule has 0 fully saturated rings. The summed E-state index contributed by atoms with van der Waals surface area (Å²) in [6.07, 6.45) is -3.59. The number of rotatable bonds is 3. The van der Waals surface area contributed by atoms with E-state index in [4.69, 9.17) is 0 Å². The maximum Gasteiger partial charge on any atom is 0.416 e. The summed E-state index contributed by atoms with van der Waals surface area (Å²) in [5, 5.41) is 0. The highest BCUT2D eigenvalue weighted by Crippen LogP contribution is 2.36. The number of aryl methyl sites for hydroxylation is 2. The molecule has 1 aromatic heterocycles. The minimum atomic E-state index is -4.27. The molecule has 2 rings (SSSR count). The van der Waals surface area contributed by atoms with E-state index < -0.39 is 11.7 Å². The summed E-state index contributed by atoms with van der Waals surface area (Å²) in [5.41, 5.74) is 1.52. The summed E-state index contributed by atoms with van der Waals surface area (Å²) in [4.78, 5) is 2.62. The fraction of sp³-hybridized carbons (Fsp3) is 0.333. The molecular formula is C15H14BrF3S. The van der Waals surface area contributed by atoms with Gasteiger partial charge in [0.1, 0.15) is 0 Å². The highest BCUT2D eigenvalue weighted by atomic mass is 79.9. The predicted molar refractivity (Wildman–Crippen MR) is 80.6 cm³/mol. The molecule has 0 bridgehead atoms. The van der Waals surface area contributed by atoms with E-state index in [1.54, 1.807) is 23.5 Å². The van der Waals surface area contributed by atoms with Crippen molar-refractivity contribution < 1.29 is 13.2 Å². The minimum absolute atomic E-state index is 0.137. The van der Waals surface area contributed by atoms with E-state index in [1.165, 1.54) is 15.3 Å². The van der Waals surface area contributed by atoms with Gasteiger partial charge in [-0.2, -0.15) is 13.2 Å². The smallest absolute Gasteiger partial charge is 0.166 e. The van der Waals surface area contributed by atoms with Crippen LogP contribution in [0.2, 0.25) is 0 Å². The van der Waals surface area contributed by atoms with E-state index in [2.05, 4.69) is 35.8 Å². The first-order chi connectivity index (χ1) is 9.27. The van der Waals surface area contributed by atoms with Gasteiger partial charge < -0.3 is 0 Å². The molecule has 0 nitrogen and oxygen atoms in total. The standard InChI is InChI=1S/C15H14BrF3S/c1-9-7-10(2)20-14(9)13(16)8-11-3-5-12(6-4-11)15(17,18)19/h3-7,13H,8H2,1-2H3. The van der Waals surface area contributed by atoms with Crippen LogP contribution in [-0.4, -0.2) is 0 Å². The average molecular weight is 363 g/mol. The van der Waals surface area contributed by atoms with Gasteiger partial charge in [0, 0.05) is 9.75 Å². The normalized spacial score (nSPS) is 13.5. The van der Waals surface area contributed by atoms with Gasteiger partial charge in [0.2, 0.25) is 0 Å². The Morgan fingerprint density at radius 1 is 1.15 bits per heavy atom. The van der Waals surface area contributed by atoms with Crippen molar-refractivity contribution in [1.29, 1.82) is 0 Å². The maximum atomic E-state index is 12.5. The van der Waals surface area contributed by atoms with Crippen molar-refractivity contribution in [3.05, 3.63) is 56.8 Å². The molecule has 1 aromatic carbocycles. The molecule has 0 saturated heterocycles. The zero-order valence-corrected chi connectivity index (χ0v) is 13.5. The van der Waals surface area contributed by atoms with Gasteiger partial charge in [-0.25, -0.2) is 0 Å². The Labute approximate surface area is 128 Å². The van der Waals surface area contributed by atoms with E-state index in [0.29, 0.717) is 6.42 Å². The van der Waals surface area contributed by atoms with E-state index in [1.807, 2.05) is 0 Å². The zero-order valence-electron chi connectivity index (χ0n) is 11.1. The number of halogens is 4. The molecule has 20 heavy (non-hydrogen) atoms. The summed E-state index contributed by atoms with van der Waals surface area (Å²) in [6.45, 7) is 4.11. The second-order valence-electron chi connectivity index (χ2n) is 4.77. The molecule has 0 aliphatic rings. The summed E-state index contributed by atoms with van der Waals surface area (Å²) in [6, 6.07) is 7.50. The van der Waals surface area contributed by atoms with Crippen LogP contribution in [0.4, 0.5) is 13.2 Å². The van der Waals surface area contributed by atoms with Gasteiger partial charge in [-0.05, 0) is 49.6 Å². The third kappa shape index (κ3) is 3.64. The predicted octanol–water partition coefficient (Wildman–Crippen LogP) is 6.06. The molecular weight excluding hydrogens is 349 g/mol. The molecule has 0 N–H and O–H groups in total. The van der Waals surface area contributed by atoms with E-state index in [9.17, 15) is 13.2 Å². The Morgan fingerprint density at radius 2 is 1.75 bits per heavy atom. The second kappa shape index (κ2) is 5.90. The molecule has 108 valence electrons. The Hall–Kier alpha value is -0.810. The lowest BCUT2D eigenvalue weighted by molar-refractivity contribution is -0.137. The Morgan fingerprint density at radius 3 is 2.20 bits per heavy atom. The number of alkyl halides is 4. The molecule has 5 heteroatoms. The lowest BCUT2D eigenvalue weighted by Gasteiger charge is -2.11. The molecule has 1 unspecified atom stereocenters. The van der Waals surface area contributed by atoms with Gasteiger partial charge in [0.25, 0.3) is 0 Å². The van der Waals surface area contributed by atoms with Crippen molar-refractivity contribution >= 4 is 27.3 Å². The number of thiophene rings is 1. The highest BCUT2D eigenvalue weighted by Gasteiger charge is 2.30. The molecule has 0 spiro atoms. The molecule has 1 heterocycles. The van der Waals surface area contributed by atoms with Crippen molar-refractivity contribution in [1.82, 2.24) is 0 Å². The van der Waals surface area contributed by atoms with Crippen LogP contribution in [0, 0.1) is 13.8 Å². The van der Waals surface area contributed by atoms with Crippen LogP contribution in [-0.2, 0) is 12.6 Å². The fourth-order valence-corrected chi connectivity index (χ4v) is 4.13. The Balaban J connectivity index is 2.12. The number of hydrogen-bond acceptors (Lipinski definition) is 1. The van der Waals surface area contributed by atoms with E-state index in [0.717, 1.165) is 17.7 Å². The van der Waals surface area contributed by atoms with Crippen LogP contribution in [0.25, 0.3) is 0 Å². The largest absolute Gasteiger partial charge is 0.416 e. The van der Waals surface area contributed by atoms with Crippen molar-refractivity contribution in [2.75, 3.05) is 0 Å². The summed E-state index contributed by atoms with van der Waals surface area (Å²) < 4.78 is 37.5. The quantitative estimate of drug-likeness (QED) is 0.582. The van der Waals surface area contributed by atoms with Crippen LogP contribution < -0.4 is 0 Å².